The molecule has 0 aliphatic carbocycles. The number of pyridine rings is 1. The van der Waals surface area contributed by atoms with Gasteiger partial charge in [-0.1, -0.05) is 18.2 Å². The first-order valence-corrected chi connectivity index (χ1v) is 9.45. The third kappa shape index (κ3) is 3.20. The zero-order valence-electron chi connectivity index (χ0n) is 14.2. The highest BCUT2D eigenvalue weighted by molar-refractivity contribution is 9.10. The molecule has 1 unspecified atom stereocenters. The SMILES string of the molecule is NC1CCCN(c2c(Br)cnc3[nH]cc(NC(=O)c4ccccc4)c23)C1. The summed E-state index contributed by atoms with van der Waals surface area (Å²) in [7, 11) is 0. The van der Waals surface area contributed by atoms with Gasteiger partial charge in [-0.25, -0.2) is 4.98 Å². The van der Waals surface area contributed by atoms with Gasteiger partial charge in [-0.3, -0.25) is 4.79 Å². The van der Waals surface area contributed by atoms with Crippen molar-refractivity contribution in [2.45, 2.75) is 18.9 Å². The van der Waals surface area contributed by atoms with Crippen molar-refractivity contribution in [3.8, 4) is 0 Å². The molecule has 0 radical (unpaired) electrons. The van der Waals surface area contributed by atoms with E-state index in [-0.39, 0.29) is 11.9 Å². The number of carbonyl (C=O) groups excluding carboxylic acids is 1. The van der Waals surface area contributed by atoms with Crippen LogP contribution in [-0.4, -0.2) is 35.0 Å². The van der Waals surface area contributed by atoms with Gasteiger partial charge in [-0.05, 0) is 40.9 Å². The van der Waals surface area contributed by atoms with Crippen molar-refractivity contribution in [2.75, 3.05) is 23.3 Å². The van der Waals surface area contributed by atoms with Crippen LogP contribution in [0.1, 0.15) is 23.2 Å². The minimum absolute atomic E-state index is 0.146. The second-order valence-electron chi connectivity index (χ2n) is 6.55. The first kappa shape index (κ1) is 17.1. The summed E-state index contributed by atoms with van der Waals surface area (Å²) in [5.74, 6) is -0.146. The smallest absolute Gasteiger partial charge is 0.255 e. The summed E-state index contributed by atoms with van der Waals surface area (Å²) < 4.78 is 0.897. The Labute approximate surface area is 159 Å². The molecule has 1 aromatic carbocycles. The van der Waals surface area contributed by atoms with Crippen molar-refractivity contribution in [3.63, 3.8) is 0 Å². The Morgan fingerprint density at radius 1 is 1.35 bits per heavy atom. The molecule has 3 aromatic rings. The number of aromatic amines is 1. The summed E-state index contributed by atoms with van der Waals surface area (Å²) in [5.41, 5.74) is 9.28. The molecule has 6 nitrogen and oxygen atoms in total. The Hall–Kier alpha value is -2.38. The van der Waals surface area contributed by atoms with E-state index in [4.69, 9.17) is 5.73 Å². The van der Waals surface area contributed by atoms with Gasteiger partial charge < -0.3 is 20.9 Å². The van der Waals surface area contributed by atoms with Gasteiger partial charge in [0.05, 0.1) is 21.2 Å². The average Bonchev–Trinajstić information content (AvgIpc) is 3.05. The fraction of sp³-hybridized carbons (Fsp3) is 0.263. The molecule has 1 aliphatic heterocycles. The number of carbonyl (C=O) groups is 1. The highest BCUT2D eigenvalue weighted by Crippen LogP contribution is 2.38. The number of benzene rings is 1. The molecule has 0 saturated carbocycles. The monoisotopic (exact) mass is 413 g/mol. The maximum atomic E-state index is 12.6. The highest BCUT2D eigenvalue weighted by atomic mass is 79.9. The van der Waals surface area contributed by atoms with E-state index in [1.807, 2.05) is 18.2 Å². The van der Waals surface area contributed by atoms with Crippen molar-refractivity contribution < 1.29 is 4.79 Å². The van der Waals surface area contributed by atoms with E-state index in [1.165, 1.54) is 0 Å². The van der Waals surface area contributed by atoms with Gasteiger partial charge in [0, 0.05) is 37.1 Å². The number of piperidine rings is 1. The lowest BCUT2D eigenvalue weighted by atomic mass is 10.1. The highest BCUT2D eigenvalue weighted by Gasteiger charge is 2.24. The summed E-state index contributed by atoms with van der Waals surface area (Å²) in [4.78, 5) is 22.5. The van der Waals surface area contributed by atoms with E-state index in [9.17, 15) is 4.79 Å². The van der Waals surface area contributed by atoms with Crippen LogP contribution in [0.25, 0.3) is 11.0 Å². The summed E-state index contributed by atoms with van der Waals surface area (Å²) in [6, 6.07) is 9.33. The van der Waals surface area contributed by atoms with Crippen molar-refractivity contribution in [1.29, 1.82) is 0 Å². The van der Waals surface area contributed by atoms with E-state index in [0.717, 1.165) is 52.8 Å². The number of nitrogens with two attached hydrogens (primary N) is 1. The van der Waals surface area contributed by atoms with Crippen LogP contribution in [0.5, 0.6) is 0 Å². The summed E-state index contributed by atoms with van der Waals surface area (Å²) in [6.45, 7) is 1.72. The molecule has 4 rings (SSSR count). The second-order valence-corrected chi connectivity index (χ2v) is 7.40. The molecule has 4 N–H and O–H groups in total. The topological polar surface area (TPSA) is 87.0 Å². The van der Waals surface area contributed by atoms with Crippen LogP contribution in [0.4, 0.5) is 11.4 Å². The van der Waals surface area contributed by atoms with Crippen LogP contribution in [-0.2, 0) is 0 Å². The number of hydrogen-bond donors (Lipinski definition) is 3. The van der Waals surface area contributed by atoms with Gasteiger partial charge in [-0.15, -0.1) is 0 Å². The minimum atomic E-state index is -0.146. The van der Waals surface area contributed by atoms with Crippen LogP contribution in [0.2, 0.25) is 0 Å². The molecule has 3 heterocycles. The predicted molar refractivity (Wildman–Crippen MR) is 108 cm³/mol. The molecule has 1 atom stereocenters. The number of fused-ring (bicyclic) bond motifs is 1. The van der Waals surface area contributed by atoms with Crippen molar-refractivity contribution in [2.24, 2.45) is 5.73 Å². The third-order valence-electron chi connectivity index (χ3n) is 4.69. The lowest BCUT2D eigenvalue weighted by Crippen LogP contribution is -2.43. The number of anilines is 2. The van der Waals surface area contributed by atoms with E-state index >= 15 is 0 Å². The van der Waals surface area contributed by atoms with Crippen molar-refractivity contribution in [3.05, 3.63) is 52.8 Å². The van der Waals surface area contributed by atoms with Crippen LogP contribution in [0.3, 0.4) is 0 Å². The molecule has 1 amide bonds. The van der Waals surface area contributed by atoms with Gasteiger partial charge in [-0.2, -0.15) is 0 Å². The van der Waals surface area contributed by atoms with E-state index in [1.54, 1.807) is 24.5 Å². The van der Waals surface area contributed by atoms with E-state index in [0.29, 0.717) is 5.56 Å². The standard InChI is InChI=1S/C19H20BrN5O/c20-14-9-22-18-16(17(14)25-8-4-7-13(21)11-25)15(10-23-18)24-19(26)12-5-2-1-3-6-12/h1-3,5-6,9-10,13H,4,7-8,11,21H2,(H,22,23)(H,24,26). The minimum Gasteiger partial charge on any atom is -0.368 e. The quantitative estimate of drug-likeness (QED) is 0.612. The molecule has 26 heavy (non-hydrogen) atoms. The summed E-state index contributed by atoms with van der Waals surface area (Å²) in [5, 5.41) is 3.91. The zero-order chi connectivity index (χ0) is 18.1. The van der Waals surface area contributed by atoms with Gasteiger partial charge in [0.15, 0.2) is 0 Å². The molecular formula is C19H20BrN5O. The first-order valence-electron chi connectivity index (χ1n) is 8.66. The number of hydrogen-bond acceptors (Lipinski definition) is 4. The summed E-state index contributed by atoms with van der Waals surface area (Å²) >= 11 is 3.63. The molecule has 7 heteroatoms. The number of halogens is 1. The number of rotatable bonds is 3. The Morgan fingerprint density at radius 2 is 2.15 bits per heavy atom. The van der Waals surface area contributed by atoms with Crippen LogP contribution < -0.4 is 16.0 Å². The fourth-order valence-corrected chi connectivity index (χ4v) is 4.01. The van der Waals surface area contributed by atoms with Crippen LogP contribution in [0.15, 0.2) is 47.2 Å². The number of amides is 1. The molecule has 1 aliphatic rings. The largest absolute Gasteiger partial charge is 0.368 e. The molecule has 1 fully saturated rings. The Morgan fingerprint density at radius 3 is 2.92 bits per heavy atom. The predicted octanol–water partition coefficient (Wildman–Crippen LogP) is 3.51. The van der Waals surface area contributed by atoms with Crippen molar-refractivity contribution in [1.82, 2.24) is 9.97 Å². The van der Waals surface area contributed by atoms with Crippen LogP contribution >= 0.6 is 15.9 Å². The molecule has 1 saturated heterocycles. The second kappa shape index (κ2) is 7.09. The Balaban J connectivity index is 1.74. The van der Waals surface area contributed by atoms with Gasteiger partial charge in [0.25, 0.3) is 5.91 Å². The van der Waals surface area contributed by atoms with Gasteiger partial charge >= 0.3 is 0 Å². The van der Waals surface area contributed by atoms with E-state index < -0.39 is 0 Å². The van der Waals surface area contributed by atoms with Gasteiger partial charge in [0.1, 0.15) is 5.65 Å². The molecule has 0 bridgehead atoms. The maximum Gasteiger partial charge on any atom is 0.255 e. The van der Waals surface area contributed by atoms with Crippen molar-refractivity contribution >= 4 is 44.2 Å². The average molecular weight is 414 g/mol. The molecule has 2 aromatic heterocycles. The summed E-state index contributed by atoms with van der Waals surface area (Å²) in [6.07, 6.45) is 5.66. The van der Waals surface area contributed by atoms with Crippen LogP contribution in [0, 0.1) is 0 Å². The first-order chi connectivity index (χ1) is 12.6. The number of nitrogens with zero attached hydrogens (tertiary/aromatic N) is 2. The number of H-pyrrole nitrogens is 1. The molecule has 0 spiro atoms. The van der Waals surface area contributed by atoms with Gasteiger partial charge in [0.2, 0.25) is 0 Å². The number of aromatic nitrogens is 2. The lowest BCUT2D eigenvalue weighted by molar-refractivity contribution is 0.102. The normalized spacial score (nSPS) is 17.5. The molecule has 134 valence electrons. The Kier molecular flexibility index (Phi) is 4.65. The molecular weight excluding hydrogens is 394 g/mol. The number of nitrogens with one attached hydrogen (secondary N) is 2. The lowest BCUT2D eigenvalue weighted by Gasteiger charge is -2.33. The zero-order valence-corrected chi connectivity index (χ0v) is 15.8. The van der Waals surface area contributed by atoms with E-state index in [2.05, 4.69) is 36.1 Å². The maximum absolute atomic E-state index is 12.6. The Bertz CT molecular complexity index is 940. The third-order valence-corrected chi connectivity index (χ3v) is 5.27. The fourth-order valence-electron chi connectivity index (χ4n) is 3.46.